The van der Waals surface area contributed by atoms with Gasteiger partial charge in [0, 0.05) is 5.71 Å². The molecule has 5 rings (SSSR count). The first-order chi connectivity index (χ1) is 15.9. The predicted molar refractivity (Wildman–Crippen MR) is 131 cm³/mol. The normalized spacial score (nSPS) is 21.1. The molecule has 0 radical (unpaired) electrons. The molecule has 0 N–H and O–H groups in total. The minimum absolute atomic E-state index is 0.249. The van der Waals surface area contributed by atoms with Gasteiger partial charge in [0.25, 0.3) is 0 Å². The van der Waals surface area contributed by atoms with E-state index in [-0.39, 0.29) is 12.4 Å². The Hall–Kier alpha value is -3.01. The fraction of sp³-hybridized carbons (Fsp3) is 0.276. The van der Waals surface area contributed by atoms with Crippen molar-refractivity contribution in [3.05, 3.63) is 120 Å². The highest BCUT2D eigenvalue weighted by atomic mass is 16.5. The average Bonchev–Trinajstić information content (AvgIpc) is 3.24. The summed E-state index contributed by atoms with van der Waals surface area (Å²) < 4.78 is 6.35. The van der Waals surface area contributed by atoms with Gasteiger partial charge in [-0.05, 0) is 36.0 Å². The molecule has 2 aliphatic rings. The molecular weight excluding hydrogens is 392 g/mol. The summed E-state index contributed by atoms with van der Waals surface area (Å²) in [5.41, 5.74) is 4.44. The van der Waals surface area contributed by atoms with Crippen molar-refractivity contribution < 1.29 is 4.74 Å². The minimum atomic E-state index is -0.525. The molecule has 1 aliphatic carbocycles. The average molecular weight is 423 g/mol. The van der Waals surface area contributed by atoms with Crippen molar-refractivity contribution in [2.45, 2.75) is 43.6 Å². The summed E-state index contributed by atoms with van der Waals surface area (Å²) in [6, 6.07) is 32.8. The largest absolute Gasteiger partial charge is 0.339 e. The summed E-state index contributed by atoms with van der Waals surface area (Å²) in [5, 5.41) is 0. The lowest BCUT2D eigenvalue weighted by Gasteiger charge is -2.48. The number of aliphatic imine (C=N–C) groups is 1. The van der Waals surface area contributed by atoms with E-state index in [9.17, 15) is 0 Å². The molecule has 1 saturated carbocycles. The Kier molecular flexibility index (Phi) is 6.02. The van der Waals surface area contributed by atoms with Crippen LogP contribution in [0, 0.1) is 0 Å². The molecule has 2 unspecified atom stereocenters. The summed E-state index contributed by atoms with van der Waals surface area (Å²) in [6.45, 7) is 4.35. The van der Waals surface area contributed by atoms with Crippen molar-refractivity contribution in [2.75, 3.05) is 6.61 Å². The number of hydrogen-bond donors (Lipinski definition) is 0. The van der Waals surface area contributed by atoms with Crippen LogP contribution in [0.3, 0.4) is 0 Å². The lowest BCUT2D eigenvalue weighted by Crippen LogP contribution is -2.56. The van der Waals surface area contributed by atoms with Crippen LogP contribution in [0.25, 0.3) is 0 Å². The van der Waals surface area contributed by atoms with Crippen LogP contribution in [0.1, 0.15) is 42.4 Å². The van der Waals surface area contributed by atoms with Crippen molar-refractivity contribution >= 4 is 5.71 Å². The second-order valence-corrected chi connectivity index (χ2v) is 8.55. The van der Waals surface area contributed by atoms with Crippen LogP contribution in [0.15, 0.2) is 109 Å². The quantitative estimate of drug-likeness (QED) is 0.336. The molecule has 1 aliphatic heterocycles. The van der Waals surface area contributed by atoms with Crippen LogP contribution in [-0.4, -0.2) is 29.6 Å². The number of rotatable bonds is 7. The molecule has 0 amide bonds. The second-order valence-electron chi connectivity index (χ2n) is 8.55. The van der Waals surface area contributed by atoms with Crippen LogP contribution in [-0.2, 0) is 10.3 Å². The summed E-state index contributed by atoms with van der Waals surface area (Å²) in [6.07, 6.45) is 6.02. The van der Waals surface area contributed by atoms with E-state index >= 15 is 0 Å². The second kappa shape index (κ2) is 9.23. The Labute approximate surface area is 191 Å². The monoisotopic (exact) mass is 422 g/mol. The lowest BCUT2D eigenvalue weighted by molar-refractivity contribution is -0.0784. The van der Waals surface area contributed by atoms with E-state index in [0.29, 0.717) is 6.61 Å². The molecule has 3 aromatic carbocycles. The molecule has 1 heterocycles. The van der Waals surface area contributed by atoms with Crippen LogP contribution in [0.4, 0.5) is 0 Å². The first kappa shape index (κ1) is 20.9. The third-order valence-corrected chi connectivity index (χ3v) is 6.72. The van der Waals surface area contributed by atoms with E-state index in [2.05, 4.69) is 102 Å². The smallest absolute Gasteiger partial charge is 0.208 e. The number of nitrogens with zero attached hydrogens (tertiary/aromatic N) is 2. The van der Waals surface area contributed by atoms with Gasteiger partial charge in [-0.2, -0.15) is 0 Å². The maximum Gasteiger partial charge on any atom is 0.208 e. The number of benzene rings is 3. The van der Waals surface area contributed by atoms with E-state index in [1.807, 2.05) is 6.08 Å². The molecule has 2 atom stereocenters. The Balaban J connectivity index is 1.80. The van der Waals surface area contributed by atoms with Crippen LogP contribution in [0.5, 0.6) is 0 Å². The van der Waals surface area contributed by atoms with Gasteiger partial charge in [0.05, 0.1) is 12.6 Å². The van der Waals surface area contributed by atoms with E-state index in [1.54, 1.807) is 0 Å². The van der Waals surface area contributed by atoms with Gasteiger partial charge in [0.1, 0.15) is 5.54 Å². The van der Waals surface area contributed by atoms with Gasteiger partial charge in [-0.3, -0.25) is 0 Å². The molecule has 3 aromatic rings. The van der Waals surface area contributed by atoms with Crippen molar-refractivity contribution in [2.24, 2.45) is 4.99 Å². The molecule has 162 valence electrons. The summed E-state index contributed by atoms with van der Waals surface area (Å²) in [5.74, 6) is 0. The van der Waals surface area contributed by atoms with Crippen LogP contribution >= 0.6 is 0 Å². The first-order valence-electron chi connectivity index (χ1n) is 11.6. The van der Waals surface area contributed by atoms with Gasteiger partial charge in [0.15, 0.2) is 0 Å². The molecule has 0 bridgehead atoms. The number of hydrogen-bond acceptors (Lipinski definition) is 3. The first-order valence-corrected chi connectivity index (χ1v) is 11.6. The maximum absolute atomic E-state index is 6.35. The minimum Gasteiger partial charge on any atom is -0.339 e. The van der Waals surface area contributed by atoms with E-state index in [1.165, 1.54) is 35.2 Å². The molecule has 0 spiro atoms. The summed E-state index contributed by atoms with van der Waals surface area (Å²) in [4.78, 5) is 7.68. The molecule has 3 heteroatoms. The third kappa shape index (κ3) is 3.52. The van der Waals surface area contributed by atoms with Gasteiger partial charge in [-0.25, -0.2) is 9.89 Å². The van der Waals surface area contributed by atoms with Gasteiger partial charge in [-0.15, -0.1) is 6.58 Å². The Morgan fingerprint density at radius 2 is 1.38 bits per heavy atom. The molecular formula is C29H30N2O. The van der Waals surface area contributed by atoms with Gasteiger partial charge < -0.3 is 4.74 Å². The third-order valence-electron chi connectivity index (χ3n) is 6.72. The Bertz CT molecular complexity index is 965. The molecule has 0 saturated heterocycles. The molecule has 32 heavy (non-hydrogen) atoms. The van der Waals surface area contributed by atoms with Gasteiger partial charge in [0.2, 0.25) is 6.35 Å². The van der Waals surface area contributed by atoms with E-state index in [4.69, 9.17) is 9.73 Å². The molecule has 1 fully saturated rings. The highest BCUT2D eigenvalue weighted by Gasteiger charge is 2.52. The highest BCUT2D eigenvalue weighted by Crippen LogP contribution is 2.48. The molecule has 0 aromatic heterocycles. The zero-order valence-corrected chi connectivity index (χ0v) is 18.4. The standard InChI is InChI=1S/C29H30N2O/c1-2-22-32-28-30-26-20-12-13-21-27(26)31(28)29(23-14-6-3-7-15-23,24-16-8-4-9-17-24)25-18-10-5-11-19-25/h2-11,14-19,27-28H,1,12-13,20-22H2. The maximum atomic E-state index is 6.35. The van der Waals surface area contributed by atoms with Crippen LogP contribution < -0.4 is 0 Å². The Morgan fingerprint density at radius 1 is 0.844 bits per heavy atom. The van der Waals surface area contributed by atoms with E-state index < -0.39 is 5.54 Å². The van der Waals surface area contributed by atoms with E-state index in [0.717, 1.165) is 12.8 Å². The topological polar surface area (TPSA) is 24.8 Å². The fourth-order valence-corrected chi connectivity index (χ4v) is 5.44. The summed E-state index contributed by atoms with van der Waals surface area (Å²) >= 11 is 0. The SMILES string of the molecule is C=CCOC1N=C2CCCCC2N1C(c1ccccc1)(c1ccccc1)c1ccccc1. The zero-order chi connectivity index (χ0) is 21.8. The molecule has 3 nitrogen and oxygen atoms in total. The number of ether oxygens (including phenoxy) is 1. The Morgan fingerprint density at radius 3 is 1.88 bits per heavy atom. The lowest BCUT2D eigenvalue weighted by atomic mass is 9.74. The summed E-state index contributed by atoms with van der Waals surface area (Å²) in [7, 11) is 0. The van der Waals surface area contributed by atoms with Gasteiger partial charge in [-0.1, -0.05) is 103 Å². The van der Waals surface area contributed by atoms with Crippen LogP contribution in [0.2, 0.25) is 0 Å². The predicted octanol–water partition coefficient (Wildman–Crippen LogP) is 6.16. The number of fused-ring (bicyclic) bond motifs is 1. The van der Waals surface area contributed by atoms with Crippen molar-refractivity contribution in [3.8, 4) is 0 Å². The van der Waals surface area contributed by atoms with Gasteiger partial charge >= 0.3 is 0 Å². The van der Waals surface area contributed by atoms with Crippen molar-refractivity contribution in [1.29, 1.82) is 0 Å². The zero-order valence-electron chi connectivity index (χ0n) is 18.4. The van der Waals surface area contributed by atoms with Crippen molar-refractivity contribution in [3.63, 3.8) is 0 Å². The highest BCUT2D eigenvalue weighted by molar-refractivity contribution is 5.92. The van der Waals surface area contributed by atoms with Crippen molar-refractivity contribution in [1.82, 2.24) is 4.90 Å². The fourth-order valence-electron chi connectivity index (χ4n) is 5.44.